The highest BCUT2D eigenvalue weighted by Gasteiger charge is 2.29. The maximum Gasteiger partial charge on any atom is 0.257 e. The van der Waals surface area contributed by atoms with E-state index in [9.17, 15) is 4.79 Å². The van der Waals surface area contributed by atoms with Crippen molar-refractivity contribution >= 4 is 5.91 Å². The van der Waals surface area contributed by atoms with Crippen molar-refractivity contribution in [2.24, 2.45) is 7.05 Å². The lowest BCUT2D eigenvalue weighted by Crippen LogP contribution is -2.38. The summed E-state index contributed by atoms with van der Waals surface area (Å²) in [5.74, 6) is 2.79. The maximum absolute atomic E-state index is 12.5. The number of nitrogens with zero attached hydrogens (tertiary/aromatic N) is 6. The Morgan fingerprint density at radius 2 is 1.96 bits per heavy atom. The van der Waals surface area contributed by atoms with Crippen molar-refractivity contribution in [1.29, 1.82) is 0 Å². The quantitative estimate of drug-likeness (QED) is 0.842. The summed E-state index contributed by atoms with van der Waals surface area (Å²) >= 11 is 0. The van der Waals surface area contributed by atoms with Crippen LogP contribution in [0.4, 0.5) is 0 Å². The van der Waals surface area contributed by atoms with E-state index in [0.717, 1.165) is 50.5 Å². The van der Waals surface area contributed by atoms with Gasteiger partial charge in [-0.3, -0.25) is 9.48 Å². The summed E-state index contributed by atoms with van der Waals surface area (Å²) < 4.78 is 4.02. The van der Waals surface area contributed by atoms with Gasteiger partial charge < -0.3 is 9.47 Å². The second kappa shape index (κ2) is 6.37. The molecule has 0 N–H and O–H groups in total. The lowest BCUT2D eigenvalue weighted by atomic mass is 9.95. The molecule has 1 saturated heterocycles. The SMILES string of the molecule is Cn1cc(C(=O)N2CCC(c3nnc4n3CCCCC4)CC2)cn1. The van der Waals surface area contributed by atoms with Crippen molar-refractivity contribution in [2.75, 3.05) is 13.1 Å². The van der Waals surface area contributed by atoms with Crippen LogP contribution in [0.3, 0.4) is 0 Å². The first-order valence-corrected chi connectivity index (χ1v) is 8.92. The maximum atomic E-state index is 12.5. The number of rotatable bonds is 2. The van der Waals surface area contributed by atoms with E-state index in [-0.39, 0.29) is 5.91 Å². The predicted octanol–water partition coefficient (Wildman–Crippen LogP) is 1.76. The van der Waals surface area contributed by atoms with Gasteiger partial charge in [0.1, 0.15) is 11.6 Å². The molecule has 0 aromatic carbocycles. The van der Waals surface area contributed by atoms with Gasteiger partial charge in [0.2, 0.25) is 0 Å². The molecule has 24 heavy (non-hydrogen) atoms. The van der Waals surface area contributed by atoms with Crippen LogP contribution in [-0.4, -0.2) is 48.4 Å². The summed E-state index contributed by atoms with van der Waals surface area (Å²) in [5.41, 5.74) is 0.673. The van der Waals surface area contributed by atoms with Crippen molar-refractivity contribution in [3.8, 4) is 0 Å². The van der Waals surface area contributed by atoms with Crippen LogP contribution in [0.2, 0.25) is 0 Å². The number of aromatic nitrogens is 5. The number of carbonyl (C=O) groups is 1. The number of hydrogen-bond acceptors (Lipinski definition) is 4. The second-order valence-electron chi connectivity index (χ2n) is 6.91. The summed E-state index contributed by atoms with van der Waals surface area (Å²) in [6, 6.07) is 0. The van der Waals surface area contributed by atoms with Gasteiger partial charge in [-0.1, -0.05) is 6.42 Å². The predicted molar refractivity (Wildman–Crippen MR) is 88.7 cm³/mol. The number of carbonyl (C=O) groups excluding carboxylic acids is 1. The highest BCUT2D eigenvalue weighted by molar-refractivity contribution is 5.93. The third-order valence-corrected chi connectivity index (χ3v) is 5.24. The highest BCUT2D eigenvalue weighted by atomic mass is 16.2. The topological polar surface area (TPSA) is 68.8 Å². The largest absolute Gasteiger partial charge is 0.339 e. The van der Waals surface area contributed by atoms with Crippen LogP contribution in [0.5, 0.6) is 0 Å². The Labute approximate surface area is 141 Å². The fourth-order valence-electron chi connectivity index (χ4n) is 3.86. The van der Waals surface area contributed by atoms with Gasteiger partial charge in [-0.25, -0.2) is 0 Å². The van der Waals surface area contributed by atoms with E-state index in [1.165, 1.54) is 19.3 Å². The minimum Gasteiger partial charge on any atom is -0.339 e. The van der Waals surface area contributed by atoms with Gasteiger partial charge in [-0.05, 0) is 25.7 Å². The third kappa shape index (κ3) is 2.83. The number of amides is 1. The van der Waals surface area contributed by atoms with E-state index in [0.29, 0.717) is 11.5 Å². The zero-order valence-electron chi connectivity index (χ0n) is 14.2. The molecule has 1 amide bonds. The minimum absolute atomic E-state index is 0.0848. The van der Waals surface area contributed by atoms with Gasteiger partial charge in [0.05, 0.1) is 11.8 Å². The molecule has 2 aromatic rings. The summed E-state index contributed by atoms with van der Waals surface area (Å²) in [6.07, 6.45) is 10.1. The van der Waals surface area contributed by atoms with Gasteiger partial charge in [0.25, 0.3) is 5.91 Å². The smallest absolute Gasteiger partial charge is 0.257 e. The average molecular weight is 328 g/mol. The minimum atomic E-state index is 0.0848. The Bertz CT molecular complexity index is 725. The third-order valence-electron chi connectivity index (χ3n) is 5.24. The Balaban J connectivity index is 1.43. The molecule has 1 fully saturated rings. The molecule has 7 heteroatoms. The average Bonchev–Trinajstić information content (AvgIpc) is 3.14. The van der Waals surface area contributed by atoms with E-state index >= 15 is 0 Å². The van der Waals surface area contributed by atoms with Crippen LogP contribution in [-0.2, 0) is 20.0 Å². The molecule has 0 atom stereocenters. The van der Waals surface area contributed by atoms with Crippen molar-refractivity contribution in [2.45, 2.75) is 51.0 Å². The standard InChI is InChI=1S/C17H24N6O/c1-21-12-14(11-18-21)17(24)22-9-6-13(7-10-22)16-20-19-15-5-3-2-4-8-23(15)16/h11-13H,2-10H2,1H3. The molecule has 7 nitrogen and oxygen atoms in total. The van der Waals surface area contributed by atoms with E-state index in [2.05, 4.69) is 19.9 Å². The molecule has 0 radical (unpaired) electrons. The lowest BCUT2D eigenvalue weighted by molar-refractivity contribution is 0.0710. The molecule has 2 aromatic heterocycles. The van der Waals surface area contributed by atoms with E-state index in [1.54, 1.807) is 17.1 Å². The zero-order chi connectivity index (χ0) is 16.5. The number of hydrogen-bond donors (Lipinski definition) is 0. The van der Waals surface area contributed by atoms with Gasteiger partial charge >= 0.3 is 0 Å². The van der Waals surface area contributed by atoms with Crippen LogP contribution in [0.25, 0.3) is 0 Å². The number of piperidine rings is 1. The molecule has 0 saturated carbocycles. The molecule has 0 aliphatic carbocycles. The van der Waals surface area contributed by atoms with Gasteiger partial charge in [0.15, 0.2) is 0 Å². The van der Waals surface area contributed by atoms with Crippen molar-refractivity contribution in [1.82, 2.24) is 29.4 Å². The second-order valence-corrected chi connectivity index (χ2v) is 6.91. The molecule has 0 unspecified atom stereocenters. The zero-order valence-corrected chi connectivity index (χ0v) is 14.2. The fraction of sp³-hybridized carbons (Fsp3) is 0.647. The number of aryl methyl sites for hydroxylation is 2. The van der Waals surface area contributed by atoms with Gasteiger partial charge in [-0.15, -0.1) is 10.2 Å². The molecule has 128 valence electrons. The summed E-state index contributed by atoms with van der Waals surface area (Å²) in [5, 5.41) is 13.0. The summed E-state index contributed by atoms with van der Waals surface area (Å²) in [7, 11) is 1.83. The van der Waals surface area contributed by atoms with Crippen LogP contribution in [0.15, 0.2) is 12.4 Å². The Morgan fingerprint density at radius 3 is 2.71 bits per heavy atom. The van der Waals surface area contributed by atoms with Gasteiger partial charge in [0, 0.05) is 45.2 Å². The number of likely N-dealkylation sites (tertiary alicyclic amines) is 1. The Morgan fingerprint density at radius 1 is 1.12 bits per heavy atom. The molecule has 0 bridgehead atoms. The first-order chi connectivity index (χ1) is 11.7. The summed E-state index contributed by atoms with van der Waals surface area (Å²) in [4.78, 5) is 14.5. The molecular formula is C17H24N6O. The van der Waals surface area contributed by atoms with Crippen molar-refractivity contribution in [3.05, 3.63) is 29.6 Å². The lowest BCUT2D eigenvalue weighted by Gasteiger charge is -2.31. The molecule has 4 heterocycles. The van der Waals surface area contributed by atoms with Crippen LogP contribution < -0.4 is 0 Å². The fourth-order valence-corrected chi connectivity index (χ4v) is 3.86. The highest BCUT2D eigenvalue weighted by Crippen LogP contribution is 2.29. The first kappa shape index (κ1) is 15.4. The Hall–Kier alpha value is -2.18. The Kier molecular flexibility index (Phi) is 4.08. The van der Waals surface area contributed by atoms with Crippen LogP contribution in [0.1, 0.15) is 60.0 Å². The molecule has 4 rings (SSSR count). The monoisotopic (exact) mass is 328 g/mol. The summed E-state index contributed by atoms with van der Waals surface area (Å²) in [6.45, 7) is 2.60. The van der Waals surface area contributed by atoms with E-state index in [4.69, 9.17) is 0 Å². The van der Waals surface area contributed by atoms with Crippen LogP contribution in [0, 0.1) is 0 Å². The molecule has 0 spiro atoms. The van der Waals surface area contributed by atoms with Gasteiger partial charge in [-0.2, -0.15) is 5.10 Å². The molecule has 2 aliphatic heterocycles. The van der Waals surface area contributed by atoms with Crippen molar-refractivity contribution < 1.29 is 4.79 Å². The van der Waals surface area contributed by atoms with Crippen LogP contribution >= 0.6 is 0 Å². The first-order valence-electron chi connectivity index (χ1n) is 8.92. The normalized spacial score (nSPS) is 19.1. The van der Waals surface area contributed by atoms with E-state index < -0.39 is 0 Å². The number of fused-ring (bicyclic) bond motifs is 1. The molecular weight excluding hydrogens is 304 g/mol. The van der Waals surface area contributed by atoms with E-state index in [1.807, 2.05) is 11.9 Å². The molecule has 2 aliphatic rings. The van der Waals surface area contributed by atoms with Crippen molar-refractivity contribution in [3.63, 3.8) is 0 Å².